The fraction of sp³-hybridized carbons (Fsp3) is 0.188. The monoisotopic (exact) mass is 265 g/mol. The van der Waals surface area contributed by atoms with E-state index in [9.17, 15) is 4.79 Å². The highest BCUT2D eigenvalue weighted by Gasteiger charge is 2.26. The fourth-order valence-electron chi connectivity index (χ4n) is 2.33. The zero-order chi connectivity index (χ0) is 14.1. The summed E-state index contributed by atoms with van der Waals surface area (Å²) in [5, 5.41) is 11.0. The molecule has 0 atom stereocenters. The predicted molar refractivity (Wildman–Crippen MR) is 81.3 cm³/mol. The van der Waals surface area contributed by atoms with Crippen molar-refractivity contribution in [3.8, 4) is 0 Å². The lowest BCUT2D eigenvalue weighted by molar-refractivity contribution is -0.110. The van der Waals surface area contributed by atoms with Crippen molar-refractivity contribution in [1.82, 2.24) is 0 Å². The molecule has 20 heavy (non-hydrogen) atoms. The molecule has 1 N–H and O–H groups in total. The van der Waals surface area contributed by atoms with E-state index in [-0.39, 0.29) is 5.91 Å². The van der Waals surface area contributed by atoms with Gasteiger partial charge in [0.05, 0.1) is 5.71 Å². The summed E-state index contributed by atoms with van der Waals surface area (Å²) in [6.45, 7) is 4.00. The summed E-state index contributed by atoms with van der Waals surface area (Å²) >= 11 is 0. The third-order valence-corrected chi connectivity index (χ3v) is 3.39. The molecule has 1 amide bonds. The van der Waals surface area contributed by atoms with Gasteiger partial charge in [-0.3, -0.25) is 4.79 Å². The molecule has 0 bridgehead atoms. The van der Waals surface area contributed by atoms with Crippen LogP contribution in [0, 0.1) is 13.8 Å². The summed E-state index contributed by atoms with van der Waals surface area (Å²) in [4.78, 5) is 12.3. The standard InChI is InChI=1S/C16H15N3O/c1-10-7-8-13(11(2)9-10)17-16(20)15-12-5-3-4-6-14(12)18-19-15/h3-5,7-9H,6H2,1-2H3,(H,17,20). The number of amides is 1. The average molecular weight is 265 g/mol. The summed E-state index contributed by atoms with van der Waals surface area (Å²) in [6.07, 6.45) is 6.55. The first-order chi connectivity index (χ1) is 9.65. The Bertz CT molecular complexity index is 708. The molecule has 0 fully saturated rings. The molecular formula is C16H15N3O. The van der Waals surface area contributed by atoms with Crippen molar-refractivity contribution >= 4 is 23.0 Å². The summed E-state index contributed by atoms with van der Waals surface area (Å²) in [5.41, 5.74) is 5.10. The number of fused-ring (bicyclic) bond motifs is 1. The average Bonchev–Trinajstić information content (AvgIpc) is 2.86. The number of benzene rings is 1. The van der Waals surface area contributed by atoms with E-state index in [0.29, 0.717) is 5.71 Å². The van der Waals surface area contributed by atoms with Gasteiger partial charge in [-0.25, -0.2) is 0 Å². The first-order valence-electron chi connectivity index (χ1n) is 6.56. The van der Waals surface area contributed by atoms with E-state index in [1.54, 1.807) is 0 Å². The second-order valence-corrected chi connectivity index (χ2v) is 4.98. The van der Waals surface area contributed by atoms with Gasteiger partial charge in [-0.1, -0.05) is 35.9 Å². The largest absolute Gasteiger partial charge is 0.320 e. The van der Waals surface area contributed by atoms with Crippen molar-refractivity contribution in [1.29, 1.82) is 0 Å². The van der Waals surface area contributed by atoms with E-state index in [1.807, 2.05) is 50.3 Å². The number of nitrogens with zero attached hydrogens (tertiary/aromatic N) is 2. The molecule has 1 aromatic carbocycles. The number of aryl methyl sites for hydroxylation is 2. The van der Waals surface area contributed by atoms with E-state index in [1.165, 1.54) is 5.56 Å². The van der Waals surface area contributed by atoms with Gasteiger partial charge in [-0.05, 0) is 25.5 Å². The number of allylic oxidation sites excluding steroid dienone is 3. The number of carbonyl (C=O) groups excluding carboxylic acids is 1. The lowest BCUT2D eigenvalue weighted by Gasteiger charge is -2.11. The van der Waals surface area contributed by atoms with Gasteiger partial charge in [0.2, 0.25) is 0 Å². The van der Waals surface area contributed by atoms with Gasteiger partial charge < -0.3 is 5.32 Å². The Labute approximate surface area is 117 Å². The van der Waals surface area contributed by atoms with E-state index < -0.39 is 0 Å². The van der Waals surface area contributed by atoms with E-state index in [2.05, 4.69) is 15.5 Å². The van der Waals surface area contributed by atoms with Crippen LogP contribution >= 0.6 is 0 Å². The van der Waals surface area contributed by atoms with Crippen molar-refractivity contribution in [3.63, 3.8) is 0 Å². The number of nitrogens with one attached hydrogen (secondary N) is 1. The highest BCUT2D eigenvalue weighted by molar-refractivity contribution is 6.56. The number of hydrogen-bond acceptors (Lipinski definition) is 3. The van der Waals surface area contributed by atoms with E-state index >= 15 is 0 Å². The molecule has 0 radical (unpaired) electrons. The maximum absolute atomic E-state index is 12.3. The molecule has 0 aromatic heterocycles. The number of rotatable bonds is 2. The molecule has 1 aliphatic heterocycles. The van der Waals surface area contributed by atoms with Crippen molar-refractivity contribution < 1.29 is 4.79 Å². The van der Waals surface area contributed by atoms with Crippen LogP contribution in [0.25, 0.3) is 0 Å². The highest BCUT2D eigenvalue weighted by Crippen LogP contribution is 2.20. The Morgan fingerprint density at radius 3 is 2.90 bits per heavy atom. The molecule has 0 spiro atoms. The molecule has 4 heteroatoms. The molecular weight excluding hydrogens is 250 g/mol. The molecule has 1 aromatic rings. The van der Waals surface area contributed by atoms with Crippen LogP contribution in [0.4, 0.5) is 5.69 Å². The predicted octanol–water partition coefficient (Wildman–Crippen LogP) is 2.94. The summed E-state index contributed by atoms with van der Waals surface area (Å²) < 4.78 is 0. The number of carbonyl (C=O) groups is 1. The minimum atomic E-state index is -0.211. The van der Waals surface area contributed by atoms with Crippen LogP contribution < -0.4 is 5.32 Å². The minimum absolute atomic E-state index is 0.211. The quantitative estimate of drug-likeness (QED) is 0.878. The van der Waals surface area contributed by atoms with Crippen LogP contribution in [0.1, 0.15) is 17.5 Å². The molecule has 4 nitrogen and oxygen atoms in total. The Hall–Kier alpha value is -2.49. The van der Waals surface area contributed by atoms with Gasteiger partial charge in [0.1, 0.15) is 0 Å². The third-order valence-electron chi connectivity index (χ3n) is 3.39. The molecule has 1 aliphatic carbocycles. The summed E-state index contributed by atoms with van der Waals surface area (Å²) in [5.74, 6) is -0.211. The topological polar surface area (TPSA) is 53.8 Å². The van der Waals surface area contributed by atoms with Crippen molar-refractivity contribution in [2.45, 2.75) is 20.3 Å². The summed E-state index contributed by atoms with van der Waals surface area (Å²) in [6, 6.07) is 5.93. The van der Waals surface area contributed by atoms with E-state index in [0.717, 1.165) is 29.0 Å². The zero-order valence-electron chi connectivity index (χ0n) is 11.5. The maximum atomic E-state index is 12.3. The molecule has 0 unspecified atom stereocenters. The highest BCUT2D eigenvalue weighted by atomic mass is 16.2. The lowest BCUT2D eigenvalue weighted by atomic mass is 9.98. The van der Waals surface area contributed by atoms with Crippen molar-refractivity contribution in [2.75, 3.05) is 5.32 Å². The second-order valence-electron chi connectivity index (χ2n) is 4.98. The van der Waals surface area contributed by atoms with Crippen LogP contribution in [0.2, 0.25) is 0 Å². The Balaban J connectivity index is 1.81. The maximum Gasteiger partial charge on any atom is 0.276 e. The molecule has 1 heterocycles. The fourth-order valence-corrected chi connectivity index (χ4v) is 2.33. The molecule has 100 valence electrons. The van der Waals surface area contributed by atoms with Crippen molar-refractivity contribution in [3.05, 3.63) is 53.1 Å². The van der Waals surface area contributed by atoms with Crippen LogP contribution in [-0.4, -0.2) is 17.3 Å². The minimum Gasteiger partial charge on any atom is -0.320 e. The smallest absolute Gasteiger partial charge is 0.276 e. The van der Waals surface area contributed by atoms with Gasteiger partial charge in [-0.2, -0.15) is 5.10 Å². The second kappa shape index (κ2) is 4.89. The van der Waals surface area contributed by atoms with Crippen LogP contribution in [0.15, 0.2) is 52.2 Å². The Morgan fingerprint density at radius 1 is 1.25 bits per heavy atom. The normalized spacial score (nSPS) is 16.2. The zero-order valence-corrected chi connectivity index (χ0v) is 11.5. The van der Waals surface area contributed by atoms with Crippen LogP contribution in [-0.2, 0) is 4.79 Å². The van der Waals surface area contributed by atoms with Gasteiger partial charge in [0.25, 0.3) is 5.91 Å². The molecule has 3 rings (SSSR count). The lowest BCUT2D eigenvalue weighted by Crippen LogP contribution is -2.26. The number of anilines is 1. The Morgan fingerprint density at radius 2 is 2.10 bits per heavy atom. The first kappa shape index (κ1) is 12.5. The Kier molecular flexibility index (Phi) is 3.06. The van der Waals surface area contributed by atoms with Gasteiger partial charge >= 0.3 is 0 Å². The van der Waals surface area contributed by atoms with Gasteiger partial charge in [0, 0.05) is 17.7 Å². The van der Waals surface area contributed by atoms with Gasteiger partial charge in [-0.15, -0.1) is 5.10 Å². The first-order valence-corrected chi connectivity index (χ1v) is 6.56. The van der Waals surface area contributed by atoms with E-state index in [4.69, 9.17) is 0 Å². The van der Waals surface area contributed by atoms with Crippen LogP contribution in [0.3, 0.4) is 0 Å². The van der Waals surface area contributed by atoms with Crippen LogP contribution in [0.5, 0.6) is 0 Å². The van der Waals surface area contributed by atoms with Gasteiger partial charge in [0.15, 0.2) is 5.71 Å². The van der Waals surface area contributed by atoms with Crippen molar-refractivity contribution in [2.24, 2.45) is 10.2 Å². The molecule has 0 saturated heterocycles. The summed E-state index contributed by atoms with van der Waals surface area (Å²) in [7, 11) is 0. The molecule has 2 aliphatic rings. The number of hydrogen-bond donors (Lipinski definition) is 1. The SMILES string of the molecule is Cc1ccc(NC(=O)C2=NN=C3CC=CC=C32)c(C)c1. The molecule has 0 saturated carbocycles. The third kappa shape index (κ3) is 2.20.